The van der Waals surface area contributed by atoms with Crippen LogP contribution >= 0.6 is 11.3 Å². The Hall–Kier alpha value is -2.41. The Morgan fingerprint density at radius 3 is 2.50 bits per heavy atom. The highest BCUT2D eigenvalue weighted by Crippen LogP contribution is 2.26. The number of anilines is 2. The molecule has 6 nitrogen and oxygen atoms in total. The van der Waals surface area contributed by atoms with Crippen LogP contribution in [-0.4, -0.2) is 23.8 Å². The third-order valence-electron chi connectivity index (χ3n) is 3.55. The van der Waals surface area contributed by atoms with Crippen LogP contribution in [0.3, 0.4) is 0 Å². The predicted octanol–water partition coefficient (Wildman–Crippen LogP) is 2.15. The lowest BCUT2D eigenvalue weighted by Gasteiger charge is -2.03. The number of thiazole rings is 1. The van der Waals surface area contributed by atoms with Gasteiger partial charge in [-0.2, -0.15) is 0 Å². The third kappa shape index (κ3) is 5.34. The number of nitrogen functional groups attached to an aromatic ring is 1. The monoisotopic (exact) mass is 346 g/mol. The van der Waals surface area contributed by atoms with Gasteiger partial charge in [0.05, 0.1) is 5.69 Å². The number of carbonyl (C=O) groups is 2. The second-order valence-corrected chi connectivity index (χ2v) is 6.57. The minimum atomic E-state index is -0.147. The highest BCUT2D eigenvalue weighted by molar-refractivity contribution is 7.15. The molecular formula is C17H22N4O2S. The zero-order valence-electron chi connectivity index (χ0n) is 13.9. The zero-order chi connectivity index (χ0) is 17.5. The molecule has 2 amide bonds. The van der Waals surface area contributed by atoms with Crippen LogP contribution in [0.4, 0.5) is 10.8 Å². The second-order valence-electron chi connectivity index (χ2n) is 5.48. The maximum Gasteiger partial charge on any atom is 0.223 e. The first-order chi connectivity index (χ1) is 11.5. The van der Waals surface area contributed by atoms with E-state index < -0.39 is 0 Å². The predicted molar refractivity (Wildman–Crippen MR) is 97.1 cm³/mol. The molecule has 0 aliphatic carbocycles. The van der Waals surface area contributed by atoms with Crippen LogP contribution in [0.25, 0.3) is 0 Å². The van der Waals surface area contributed by atoms with Gasteiger partial charge >= 0.3 is 0 Å². The number of aryl methyl sites for hydroxylation is 3. The number of benzene rings is 1. The van der Waals surface area contributed by atoms with Gasteiger partial charge in [-0.25, -0.2) is 4.98 Å². The summed E-state index contributed by atoms with van der Waals surface area (Å²) in [4.78, 5) is 28.3. The van der Waals surface area contributed by atoms with Gasteiger partial charge < -0.3 is 16.4 Å². The van der Waals surface area contributed by atoms with Crippen molar-refractivity contribution in [1.29, 1.82) is 0 Å². The van der Waals surface area contributed by atoms with E-state index in [1.807, 2.05) is 24.3 Å². The fourth-order valence-electron chi connectivity index (χ4n) is 2.28. The summed E-state index contributed by atoms with van der Waals surface area (Å²) in [5.41, 5.74) is 8.55. The Morgan fingerprint density at radius 2 is 1.88 bits per heavy atom. The van der Waals surface area contributed by atoms with E-state index in [0.29, 0.717) is 18.0 Å². The second kappa shape index (κ2) is 8.44. The maximum atomic E-state index is 11.5. The van der Waals surface area contributed by atoms with Gasteiger partial charge in [0, 0.05) is 31.0 Å². The molecule has 7 heteroatoms. The summed E-state index contributed by atoms with van der Waals surface area (Å²) in [5, 5.41) is 5.93. The summed E-state index contributed by atoms with van der Waals surface area (Å²) in [7, 11) is 1.62. The summed E-state index contributed by atoms with van der Waals surface area (Å²) in [6, 6.07) is 7.76. The van der Waals surface area contributed by atoms with E-state index in [9.17, 15) is 9.59 Å². The van der Waals surface area contributed by atoms with E-state index in [4.69, 9.17) is 5.73 Å². The standard InChI is InChI=1S/C17H22N4O2S/c1-11(22)20-17-21-14(15(24-17)9-10-16(23)19-2)8-5-12-3-6-13(18)7-4-12/h3-4,6-7H,5,8-10,18H2,1-2H3,(H,19,23)(H,20,21,22). The van der Waals surface area contributed by atoms with E-state index in [1.54, 1.807) is 7.05 Å². The first-order valence-electron chi connectivity index (χ1n) is 7.79. The van der Waals surface area contributed by atoms with Gasteiger partial charge in [-0.15, -0.1) is 11.3 Å². The lowest BCUT2D eigenvalue weighted by Crippen LogP contribution is -2.18. The van der Waals surface area contributed by atoms with E-state index in [-0.39, 0.29) is 11.8 Å². The Labute approximate surface area is 145 Å². The van der Waals surface area contributed by atoms with E-state index in [2.05, 4.69) is 15.6 Å². The Bertz CT molecular complexity index is 710. The number of nitrogens with zero attached hydrogens (tertiary/aromatic N) is 1. The van der Waals surface area contributed by atoms with Crippen LogP contribution in [-0.2, 0) is 28.9 Å². The van der Waals surface area contributed by atoms with Crippen LogP contribution in [0.5, 0.6) is 0 Å². The van der Waals surface area contributed by atoms with Crippen molar-refractivity contribution >= 4 is 34.0 Å². The van der Waals surface area contributed by atoms with Crippen LogP contribution in [0.2, 0.25) is 0 Å². The fourth-order valence-corrected chi connectivity index (χ4v) is 3.33. The molecule has 1 aromatic heterocycles. The Morgan fingerprint density at radius 1 is 1.17 bits per heavy atom. The fraction of sp³-hybridized carbons (Fsp3) is 0.353. The van der Waals surface area contributed by atoms with Crippen molar-refractivity contribution in [1.82, 2.24) is 10.3 Å². The van der Waals surface area contributed by atoms with Crippen molar-refractivity contribution in [3.8, 4) is 0 Å². The van der Waals surface area contributed by atoms with Gasteiger partial charge in [-0.3, -0.25) is 9.59 Å². The molecular weight excluding hydrogens is 324 g/mol. The van der Waals surface area contributed by atoms with Crippen LogP contribution in [0, 0.1) is 0 Å². The smallest absolute Gasteiger partial charge is 0.223 e. The minimum Gasteiger partial charge on any atom is -0.399 e. The van der Waals surface area contributed by atoms with E-state index >= 15 is 0 Å². The van der Waals surface area contributed by atoms with E-state index in [0.717, 1.165) is 29.1 Å². The molecule has 0 fully saturated rings. The number of amides is 2. The summed E-state index contributed by atoms with van der Waals surface area (Å²) in [6.45, 7) is 1.46. The van der Waals surface area contributed by atoms with Crippen LogP contribution in [0.1, 0.15) is 29.5 Å². The molecule has 2 aromatic rings. The molecule has 0 saturated carbocycles. The molecule has 0 bridgehead atoms. The molecule has 0 atom stereocenters. The number of rotatable bonds is 7. The molecule has 4 N–H and O–H groups in total. The van der Waals surface area contributed by atoms with Gasteiger partial charge in [0.25, 0.3) is 0 Å². The molecule has 0 radical (unpaired) electrons. The minimum absolute atomic E-state index is 0.00559. The number of hydrogen-bond donors (Lipinski definition) is 3. The molecule has 128 valence electrons. The molecule has 0 spiro atoms. The lowest BCUT2D eigenvalue weighted by atomic mass is 10.1. The number of hydrogen-bond acceptors (Lipinski definition) is 5. The Balaban J connectivity index is 2.09. The quantitative estimate of drug-likeness (QED) is 0.669. The molecule has 0 unspecified atom stereocenters. The third-order valence-corrected chi connectivity index (χ3v) is 4.62. The topological polar surface area (TPSA) is 97.1 Å². The highest BCUT2D eigenvalue weighted by atomic mass is 32.1. The number of nitrogens with one attached hydrogen (secondary N) is 2. The molecule has 0 aliphatic heterocycles. The first kappa shape index (κ1) is 17.9. The van der Waals surface area contributed by atoms with Crippen molar-refractivity contribution < 1.29 is 9.59 Å². The highest BCUT2D eigenvalue weighted by Gasteiger charge is 2.13. The van der Waals surface area contributed by atoms with Gasteiger partial charge in [-0.1, -0.05) is 12.1 Å². The molecule has 24 heavy (non-hydrogen) atoms. The summed E-state index contributed by atoms with van der Waals surface area (Å²) < 4.78 is 0. The molecule has 2 rings (SSSR count). The number of aromatic nitrogens is 1. The van der Waals surface area contributed by atoms with Crippen molar-refractivity contribution in [2.24, 2.45) is 0 Å². The summed E-state index contributed by atoms with van der Waals surface area (Å²) in [6.07, 6.45) is 2.61. The molecule has 0 aliphatic rings. The summed E-state index contributed by atoms with van der Waals surface area (Å²) >= 11 is 1.43. The van der Waals surface area contributed by atoms with Gasteiger partial charge in [0.2, 0.25) is 11.8 Å². The average Bonchev–Trinajstić information content (AvgIpc) is 2.93. The van der Waals surface area contributed by atoms with Crippen molar-refractivity contribution in [3.05, 3.63) is 40.4 Å². The van der Waals surface area contributed by atoms with Crippen molar-refractivity contribution in [2.75, 3.05) is 18.1 Å². The van der Waals surface area contributed by atoms with Gasteiger partial charge in [-0.05, 0) is 37.0 Å². The normalized spacial score (nSPS) is 10.4. The number of nitrogens with two attached hydrogens (primary N) is 1. The lowest BCUT2D eigenvalue weighted by molar-refractivity contribution is -0.120. The van der Waals surface area contributed by atoms with Gasteiger partial charge in [0.15, 0.2) is 5.13 Å². The maximum absolute atomic E-state index is 11.5. The molecule has 0 saturated heterocycles. The largest absolute Gasteiger partial charge is 0.399 e. The van der Waals surface area contributed by atoms with Crippen LogP contribution < -0.4 is 16.4 Å². The SMILES string of the molecule is CNC(=O)CCc1sc(NC(C)=O)nc1CCc1ccc(N)cc1. The molecule has 1 aromatic carbocycles. The molecule has 1 heterocycles. The zero-order valence-corrected chi connectivity index (χ0v) is 14.7. The van der Waals surface area contributed by atoms with Crippen molar-refractivity contribution in [3.63, 3.8) is 0 Å². The van der Waals surface area contributed by atoms with Gasteiger partial charge in [0.1, 0.15) is 0 Å². The first-order valence-corrected chi connectivity index (χ1v) is 8.60. The van der Waals surface area contributed by atoms with Crippen molar-refractivity contribution in [2.45, 2.75) is 32.6 Å². The summed E-state index contributed by atoms with van der Waals surface area (Å²) in [5.74, 6) is -0.152. The van der Waals surface area contributed by atoms with Crippen LogP contribution in [0.15, 0.2) is 24.3 Å². The van der Waals surface area contributed by atoms with E-state index in [1.165, 1.54) is 23.8 Å². The Kier molecular flexibility index (Phi) is 6.31. The average molecular weight is 346 g/mol. The number of carbonyl (C=O) groups excluding carboxylic acids is 2.